The number of anilines is 2. The van der Waals surface area contributed by atoms with Crippen LogP contribution in [0.25, 0.3) is 0 Å². The number of hydrogen-bond acceptors (Lipinski definition) is 4. The molecule has 1 amide bonds. The number of carbonyl (C=O) groups is 3. The monoisotopic (exact) mass is 406 g/mol. The van der Waals surface area contributed by atoms with Gasteiger partial charge in [-0.1, -0.05) is 42.5 Å². The van der Waals surface area contributed by atoms with Crippen LogP contribution in [0.5, 0.6) is 0 Å². The number of nitrogens with one attached hydrogen (secondary N) is 2. The SMILES string of the molecule is O=C(O)c1ccc(NCc2ccccc2)c(NC(=O)[C@@H]2[C@@H](C(=O)O)[C@H]3C=C[C@@H]2C3)c1. The summed E-state index contributed by atoms with van der Waals surface area (Å²) in [4.78, 5) is 36.2. The van der Waals surface area contributed by atoms with Gasteiger partial charge in [-0.15, -0.1) is 0 Å². The maximum atomic E-state index is 13.0. The van der Waals surface area contributed by atoms with Crippen molar-refractivity contribution in [2.24, 2.45) is 23.7 Å². The summed E-state index contributed by atoms with van der Waals surface area (Å²) in [6.45, 7) is 0.491. The maximum Gasteiger partial charge on any atom is 0.335 e. The number of amides is 1. The molecule has 2 aliphatic rings. The topological polar surface area (TPSA) is 116 Å². The number of rotatable bonds is 7. The van der Waals surface area contributed by atoms with Crippen LogP contribution in [0.3, 0.4) is 0 Å². The van der Waals surface area contributed by atoms with E-state index in [9.17, 15) is 24.6 Å². The predicted octanol–water partition coefficient (Wildman–Crippen LogP) is 3.46. The average Bonchev–Trinajstić information content (AvgIpc) is 3.35. The second-order valence-electron chi connectivity index (χ2n) is 7.73. The predicted molar refractivity (Wildman–Crippen MR) is 111 cm³/mol. The van der Waals surface area contributed by atoms with Gasteiger partial charge in [-0.2, -0.15) is 0 Å². The summed E-state index contributed by atoms with van der Waals surface area (Å²) >= 11 is 0. The Morgan fingerprint density at radius 2 is 1.60 bits per heavy atom. The fourth-order valence-corrected chi connectivity index (χ4v) is 4.46. The molecular weight excluding hydrogens is 384 g/mol. The number of aromatic carboxylic acids is 1. The van der Waals surface area contributed by atoms with E-state index >= 15 is 0 Å². The lowest BCUT2D eigenvalue weighted by atomic mass is 9.82. The Bertz CT molecular complexity index is 1020. The van der Waals surface area contributed by atoms with E-state index in [0.717, 1.165) is 5.56 Å². The van der Waals surface area contributed by atoms with E-state index in [-0.39, 0.29) is 17.4 Å². The first-order valence-electron chi connectivity index (χ1n) is 9.81. The van der Waals surface area contributed by atoms with Crippen molar-refractivity contribution in [3.8, 4) is 0 Å². The molecule has 7 nitrogen and oxygen atoms in total. The molecule has 0 aliphatic heterocycles. The summed E-state index contributed by atoms with van der Waals surface area (Å²) in [5.41, 5.74) is 1.97. The Morgan fingerprint density at radius 3 is 2.27 bits per heavy atom. The minimum absolute atomic E-state index is 0.0400. The Labute approximate surface area is 173 Å². The molecular formula is C23H22N2O5. The van der Waals surface area contributed by atoms with E-state index in [4.69, 9.17) is 0 Å². The molecule has 4 rings (SSSR count). The molecule has 2 bridgehead atoms. The number of allylic oxidation sites excluding steroid dienone is 2. The molecule has 2 aromatic rings. The third kappa shape index (κ3) is 3.78. The summed E-state index contributed by atoms with van der Waals surface area (Å²) in [6.07, 6.45) is 4.45. The van der Waals surface area contributed by atoms with E-state index in [1.165, 1.54) is 12.1 Å². The van der Waals surface area contributed by atoms with E-state index in [1.807, 2.05) is 42.5 Å². The number of hydrogen-bond donors (Lipinski definition) is 4. The molecule has 154 valence electrons. The van der Waals surface area contributed by atoms with Gasteiger partial charge in [-0.3, -0.25) is 9.59 Å². The molecule has 2 aliphatic carbocycles. The zero-order chi connectivity index (χ0) is 21.3. The molecule has 0 spiro atoms. The highest BCUT2D eigenvalue weighted by atomic mass is 16.4. The quantitative estimate of drug-likeness (QED) is 0.524. The zero-order valence-corrected chi connectivity index (χ0v) is 16.1. The molecule has 0 heterocycles. The molecule has 0 aromatic heterocycles. The molecule has 1 saturated carbocycles. The normalized spacial score (nSPS) is 23.9. The fourth-order valence-electron chi connectivity index (χ4n) is 4.46. The lowest BCUT2D eigenvalue weighted by Crippen LogP contribution is -2.36. The average molecular weight is 406 g/mol. The van der Waals surface area contributed by atoms with E-state index in [2.05, 4.69) is 10.6 Å². The lowest BCUT2D eigenvalue weighted by Gasteiger charge is -2.24. The molecule has 4 atom stereocenters. The van der Waals surface area contributed by atoms with Crippen LogP contribution in [0.1, 0.15) is 22.3 Å². The smallest absolute Gasteiger partial charge is 0.335 e. The number of benzene rings is 2. The minimum Gasteiger partial charge on any atom is -0.481 e. The summed E-state index contributed by atoms with van der Waals surface area (Å²) in [5, 5.41) is 24.9. The third-order valence-corrected chi connectivity index (χ3v) is 5.90. The van der Waals surface area contributed by atoms with Gasteiger partial charge < -0.3 is 20.8 Å². The first kappa shape index (κ1) is 19.7. The van der Waals surface area contributed by atoms with Gasteiger partial charge in [0.25, 0.3) is 0 Å². The first-order chi connectivity index (χ1) is 14.4. The van der Waals surface area contributed by atoms with E-state index in [0.29, 0.717) is 24.3 Å². The zero-order valence-electron chi connectivity index (χ0n) is 16.1. The van der Waals surface area contributed by atoms with Crippen LogP contribution in [0.2, 0.25) is 0 Å². The van der Waals surface area contributed by atoms with Crippen LogP contribution in [-0.4, -0.2) is 28.1 Å². The van der Waals surface area contributed by atoms with E-state index in [1.54, 1.807) is 6.07 Å². The lowest BCUT2D eigenvalue weighted by molar-refractivity contribution is -0.146. The van der Waals surface area contributed by atoms with Gasteiger partial charge in [-0.25, -0.2) is 4.79 Å². The highest BCUT2D eigenvalue weighted by Gasteiger charge is 2.51. The van der Waals surface area contributed by atoms with Gasteiger partial charge >= 0.3 is 11.9 Å². The number of carboxylic acids is 2. The van der Waals surface area contributed by atoms with Crippen molar-refractivity contribution in [3.05, 3.63) is 71.8 Å². The van der Waals surface area contributed by atoms with Crippen LogP contribution in [0.15, 0.2) is 60.7 Å². The summed E-state index contributed by atoms with van der Waals surface area (Å²) in [7, 11) is 0. The Morgan fingerprint density at radius 1 is 0.900 bits per heavy atom. The second kappa shape index (κ2) is 8.02. The van der Waals surface area contributed by atoms with Crippen molar-refractivity contribution in [2.45, 2.75) is 13.0 Å². The molecule has 2 aromatic carbocycles. The van der Waals surface area contributed by atoms with Gasteiger partial charge in [0.15, 0.2) is 0 Å². The van der Waals surface area contributed by atoms with E-state index < -0.39 is 29.7 Å². The Kier molecular flexibility index (Phi) is 5.27. The summed E-state index contributed by atoms with van der Waals surface area (Å²) < 4.78 is 0. The highest BCUT2D eigenvalue weighted by Crippen LogP contribution is 2.48. The molecule has 4 N–H and O–H groups in total. The van der Waals surface area contributed by atoms with Gasteiger partial charge in [0, 0.05) is 6.54 Å². The largest absolute Gasteiger partial charge is 0.481 e. The number of carbonyl (C=O) groups excluding carboxylic acids is 1. The van der Waals surface area contributed by atoms with Crippen molar-refractivity contribution in [1.82, 2.24) is 0 Å². The molecule has 1 fully saturated rings. The van der Waals surface area contributed by atoms with Crippen molar-refractivity contribution >= 4 is 29.2 Å². The van der Waals surface area contributed by atoms with Crippen LogP contribution in [0.4, 0.5) is 11.4 Å². The molecule has 0 radical (unpaired) electrons. The number of fused-ring (bicyclic) bond motifs is 2. The van der Waals surface area contributed by atoms with Gasteiger partial charge in [-0.05, 0) is 42.0 Å². The summed E-state index contributed by atoms with van der Waals surface area (Å²) in [6, 6.07) is 14.1. The van der Waals surface area contributed by atoms with Gasteiger partial charge in [0.1, 0.15) is 0 Å². The second-order valence-corrected chi connectivity index (χ2v) is 7.73. The molecule has 30 heavy (non-hydrogen) atoms. The number of carboxylic acid groups (broad SMARTS) is 2. The van der Waals surface area contributed by atoms with Crippen molar-refractivity contribution in [1.29, 1.82) is 0 Å². The minimum atomic E-state index is -1.11. The van der Waals surface area contributed by atoms with Crippen LogP contribution >= 0.6 is 0 Å². The van der Waals surface area contributed by atoms with Gasteiger partial charge in [0.2, 0.25) is 5.91 Å². The number of aliphatic carboxylic acids is 1. The summed E-state index contributed by atoms with van der Waals surface area (Å²) in [5.74, 6) is -4.16. The Balaban J connectivity index is 1.57. The van der Waals surface area contributed by atoms with Crippen LogP contribution in [-0.2, 0) is 16.1 Å². The standard InChI is InChI=1S/C23H22N2O5/c26-21(19-14-6-7-15(10-14)20(19)23(29)30)25-18-11-16(22(27)28)8-9-17(18)24-12-13-4-2-1-3-5-13/h1-9,11,14-15,19-20,24H,10,12H2,(H,25,26)(H,27,28)(H,29,30)/t14-,15+,19+,20+/m1/s1. The van der Waals surface area contributed by atoms with Crippen molar-refractivity contribution in [3.63, 3.8) is 0 Å². The maximum absolute atomic E-state index is 13.0. The molecule has 7 heteroatoms. The first-order valence-corrected chi connectivity index (χ1v) is 9.81. The van der Waals surface area contributed by atoms with Crippen molar-refractivity contribution < 1.29 is 24.6 Å². The molecule has 0 unspecified atom stereocenters. The van der Waals surface area contributed by atoms with Crippen LogP contribution in [0, 0.1) is 23.7 Å². The van der Waals surface area contributed by atoms with Crippen LogP contribution < -0.4 is 10.6 Å². The van der Waals surface area contributed by atoms with Gasteiger partial charge in [0.05, 0.1) is 28.8 Å². The van der Waals surface area contributed by atoms with Crippen molar-refractivity contribution in [2.75, 3.05) is 10.6 Å². The highest BCUT2D eigenvalue weighted by molar-refractivity contribution is 6.00. The fraction of sp³-hybridized carbons (Fsp3) is 0.261. The third-order valence-electron chi connectivity index (χ3n) is 5.90. The molecule has 0 saturated heterocycles. The Hall–Kier alpha value is -3.61.